The number of rotatable bonds is 7. The van der Waals surface area contributed by atoms with Gasteiger partial charge in [0.2, 0.25) is 12.3 Å². The number of unbranched alkanes of at least 4 members (excludes halogenated alkanes) is 2. The molecule has 0 bridgehead atoms. The molecule has 2 aromatic rings. The Balaban J connectivity index is 1.95. The van der Waals surface area contributed by atoms with E-state index in [2.05, 4.69) is 35.4 Å². The maximum atomic E-state index is 5.21. The summed E-state index contributed by atoms with van der Waals surface area (Å²) in [6.07, 6.45) is 6.38. The van der Waals surface area contributed by atoms with Crippen molar-refractivity contribution in [3.63, 3.8) is 0 Å². The van der Waals surface area contributed by atoms with Crippen molar-refractivity contribution in [3.8, 4) is 11.5 Å². The summed E-state index contributed by atoms with van der Waals surface area (Å²) >= 11 is 0. The van der Waals surface area contributed by atoms with Gasteiger partial charge in [0.05, 0.1) is 0 Å². The van der Waals surface area contributed by atoms with Crippen molar-refractivity contribution in [2.75, 3.05) is 5.32 Å². The van der Waals surface area contributed by atoms with Crippen LogP contribution in [0.2, 0.25) is 0 Å². The van der Waals surface area contributed by atoms with E-state index in [9.17, 15) is 0 Å². The molecule has 0 amide bonds. The number of nitrogens with zero attached hydrogens (tertiary/aromatic N) is 2. The van der Waals surface area contributed by atoms with E-state index < -0.39 is 0 Å². The molecule has 1 N–H and O–H groups in total. The molecule has 0 aliphatic carbocycles. The minimum absolute atomic E-state index is 0.476. The van der Waals surface area contributed by atoms with Crippen LogP contribution in [0.5, 0.6) is 0 Å². The monoisotopic (exact) mass is 259 g/mol. The minimum atomic E-state index is 0.476. The Kier molecular flexibility index (Phi) is 4.95. The lowest BCUT2D eigenvalue weighted by Gasteiger charge is -2.15. The second-order valence-electron chi connectivity index (χ2n) is 4.87. The number of nitrogens with one attached hydrogen (secondary N) is 1. The van der Waals surface area contributed by atoms with Crippen LogP contribution >= 0.6 is 0 Å². The molecule has 0 radical (unpaired) electrons. The first-order chi connectivity index (χ1) is 9.29. The molecule has 0 aliphatic rings. The summed E-state index contributed by atoms with van der Waals surface area (Å²) in [5.74, 6) is 0.558. The minimum Gasteiger partial charge on any atom is -0.423 e. The van der Waals surface area contributed by atoms with Gasteiger partial charge in [0, 0.05) is 17.3 Å². The standard InChI is InChI=1S/C15H21N3O/c1-3-4-5-7-12(2)17-14-9-6-8-13(10-14)15-18-16-11-19-15/h6,8-12,17H,3-5,7H2,1-2H3. The molecule has 2 rings (SSSR count). The van der Waals surface area contributed by atoms with Gasteiger partial charge in [-0.05, 0) is 31.5 Å². The van der Waals surface area contributed by atoms with E-state index in [-0.39, 0.29) is 0 Å². The molecule has 0 saturated carbocycles. The number of hydrogen-bond donors (Lipinski definition) is 1. The van der Waals surface area contributed by atoms with Gasteiger partial charge in [0.1, 0.15) is 0 Å². The van der Waals surface area contributed by atoms with Crippen LogP contribution in [-0.4, -0.2) is 16.2 Å². The van der Waals surface area contributed by atoms with Gasteiger partial charge in [-0.1, -0.05) is 32.3 Å². The molecule has 0 saturated heterocycles. The molecule has 1 unspecified atom stereocenters. The van der Waals surface area contributed by atoms with Crippen molar-refractivity contribution >= 4 is 5.69 Å². The van der Waals surface area contributed by atoms with Crippen LogP contribution in [0.15, 0.2) is 35.1 Å². The molecule has 19 heavy (non-hydrogen) atoms. The van der Waals surface area contributed by atoms with Gasteiger partial charge >= 0.3 is 0 Å². The van der Waals surface area contributed by atoms with Crippen molar-refractivity contribution in [3.05, 3.63) is 30.7 Å². The second-order valence-corrected chi connectivity index (χ2v) is 4.87. The predicted molar refractivity (Wildman–Crippen MR) is 77.0 cm³/mol. The Hall–Kier alpha value is -1.84. The summed E-state index contributed by atoms with van der Waals surface area (Å²) in [5.41, 5.74) is 2.04. The van der Waals surface area contributed by atoms with Crippen molar-refractivity contribution in [2.24, 2.45) is 0 Å². The summed E-state index contributed by atoms with van der Waals surface area (Å²) < 4.78 is 5.21. The molecule has 0 aliphatic heterocycles. The van der Waals surface area contributed by atoms with Crippen LogP contribution in [-0.2, 0) is 0 Å². The fourth-order valence-electron chi connectivity index (χ4n) is 2.10. The highest BCUT2D eigenvalue weighted by atomic mass is 16.4. The third-order valence-corrected chi connectivity index (χ3v) is 3.12. The van der Waals surface area contributed by atoms with Crippen molar-refractivity contribution < 1.29 is 4.42 Å². The van der Waals surface area contributed by atoms with E-state index in [1.165, 1.54) is 32.1 Å². The van der Waals surface area contributed by atoms with Crippen LogP contribution in [0.4, 0.5) is 5.69 Å². The first-order valence-electron chi connectivity index (χ1n) is 6.92. The Labute approximate surface area is 114 Å². The Bertz CT molecular complexity index is 482. The molecule has 0 spiro atoms. The summed E-state index contributed by atoms with van der Waals surface area (Å²) in [4.78, 5) is 0. The van der Waals surface area contributed by atoms with Crippen molar-refractivity contribution in [1.82, 2.24) is 10.2 Å². The zero-order valence-corrected chi connectivity index (χ0v) is 11.6. The number of anilines is 1. The second kappa shape index (κ2) is 6.92. The average Bonchev–Trinajstić information content (AvgIpc) is 2.93. The van der Waals surface area contributed by atoms with Gasteiger partial charge in [-0.3, -0.25) is 0 Å². The fourth-order valence-corrected chi connectivity index (χ4v) is 2.10. The van der Waals surface area contributed by atoms with Gasteiger partial charge in [-0.15, -0.1) is 10.2 Å². The summed E-state index contributed by atoms with van der Waals surface area (Å²) in [5, 5.41) is 11.1. The SMILES string of the molecule is CCCCCC(C)Nc1cccc(-c2nnco2)c1. The maximum Gasteiger partial charge on any atom is 0.247 e. The highest BCUT2D eigenvalue weighted by Crippen LogP contribution is 2.21. The number of hydrogen-bond acceptors (Lipinski definition) is 4. The van der Waals surface area contributed by atoms with Gasteiger partial charge in [0.25, 0.3) is 0 Å². The molecule has 0 fully saturated rings. The summed E-state index contributed by atoms with van der Waals surface area (Å²) in [6, 6.07) is 8.56. The lowest BCUT2D eigenvalue weighted by atomic mass is 10.1. The summed E-state index contributed by atoms with van der Waals surface area (Å²) in [6.45, 7) is 4.45. The van der Waals surface area contributed by atoms with E-state index in [1.54, 1.807) is 0 Å². The van der Waals surface area contributed by atoms with Crippen molar-refractivity contribution in [1.29, 1.82) is 0 Å². The zero-order valence-electron chi connectivity index (χ0n) is 11.6. The molecule has 4 nitrogen and oxygen atoms in total. The maximum absolute atomic E-state index is 5.21. The van der Waals surface area contributed by atoms with E-state index in [4.69, 9.17) is 4.42 Å². The topological polar surface area (TPSA) is 51.0 Å². The van der Waals surface area contributed by atoms with E-state index >= 15 is 0 Å². The first kappa shape index (κ1) is 13.6. The molecule has 1 atom stereocenters. The van der Waals surface area contributed by atoms with Gasteiger partial charge < -0.3 is 9.73 Å². The van der Waals surface area contributed by atoms with Gasteiger partial charge in [-0.2, -0.15) is 0 Å². The molecule has 4 heteroatoms. The van der Waals surface area contributed by atoms with Crippen LogP contribution in [0.25, 0.3) is 11.5 Å². The Morgan fingerprint density at radius 3 is 2.95 bits per heavy atom. The third-order valence-electron chi connectivity index (χ3n) is 3.12. The smallest absolute Gasteiger partial charge is 0.247 e. The highest BCUT2D eigenvalue weighted by Gasteiger charge is 2.06. The molecule has 1 aromatic heterocycles. The summed E-state index contributed by atoms with van der Waals surface area (Å²) in [7, 11) is 0. The van der Waals surface area contributed by atoms with Crippen LogP contribution in [0, 0.1) is 0 Å². The lowest BCUT2D eigenvalue weighted by Crippen LogP contribution is -2.14. The lowest BCUT2D eigenvalue weighted by molar-refractivity contribution is 0.568. The number of aromatic nitrogens is 2. The largest absolute Gasteiger partial charge is 0.423 e. The molecule has 1 heterocycles. The van der Waals surface area contributed by atoms with Crippen LogP contribution in [0.1, 0.15) is 39.5 Å². The molecular weight excluding hydrogens is 238 g/mol. The molecule has 102 valence electrons. The van der Waals surface area contributed by atoms with Crippen LogP contribution in [0.3, 0.4) is 0 Å². The Morgan fingerprint density at radius 1 is 1.32 bits per heavy atom. The molecular formula is C15H21N3O. The third kappa shape index (κ3) is 4.09. The quantitative estimate of drug-likeness (QED) is 0.760. The molecule has 1 aromatic carbocycles. The average molecular weight is 259 g/mol. The van der Waals surface area contributed by atoms with Gasteiger partial charge in [0.15, 0.2) is 0 Å². The number of benzene rings is 1. The Morgan fingerprint density at radius 2 is 2.21 bits per heavy atom. The predicted octanol–water partition coefficient (Wildman–Crippen LogP) is 4.12. The van der Waals surface area contributed by atoms with E-state index in [1.807, 2.05) is 18.2 Å². The van der Waals surface area contributed by atoms with Crippen LogP contribution < -0.4 is 5.32 Å². The first-order valence-corrected chi connectivity index (χ1v) is 6.92. The zero-order chi connectivity index (χ0) is 13.5. The van der Waals surface area contributed by atoms with E-state index in [0.717, 1.165) is 11.3 Å². The fraction of sp³-hybridized carbons (Fsp3) is 0.467. The van der Waals surface area contributed by atoms with E-state index in [0.29, 0.717) is 11.9 Å². The normalized spacial score (nSPS) is 12.3. The van der Waals surface area contributed by atoms with Gasteiger partial charge in [-0.25, -0.2) is 0 Å². The highest BCUT2D eigenvalue weighted by molar-refractivity contribution is 5.61. The van der Waals surface area contributed by atoms with Crippen molar-refractivity contribution in [2.45, 2.75) is 45.6 Å².